The van der Waals surface area contributed by atoms with Crippen LogP contribution >= 0.6 is 0 Å². The van der Waals surface area contributed by atoms with Crippen LogP contribution in [-0.4, -0.2) is 32.3 Å². The molecule has 5 nitrogen and oxygen atoms in total. The fourth-order valence-corrected chi connectivity index (χ4v) is 3.76. The second kappa shape index (κ2) is 5.95. The summed E-state index contributed by atoms with van der Waals surface area (Å²) >= 11 is 0. The lowest BCUT2D eigenvalue weighted by molar-refractivity contribution is 0.0725. The van der Waals surface area contributed by atoms with Crippen molar-refractivity contribution in [1.29, 1.82) is 0 Å². The number of likely N-dealkylation sites (tertiary alicyclic amines) is 1. The summed E-state index contributed by atoms with van der Waals surface area (Å²) in [6.45, 7) is 0.731. The van der Waals surface area contributed by atoms with Crippen molar-refractivity contribution < 1.29 is 4.79 Å². The third-order valence-corrected chi connectivity index (χ3v) is 5.05. The van der Waals surface area contributed by atoms with Crippen molar-refractivity contribution in [2.24, 2.45) is 0 Å². The Hall–Kier alpha value is -3.21. The number of aromatic nitrogens is 3. The highest BCUT2D eigenvalue weighted by atomic mass is 16.2. The Kier molecular flexibility index (Phi) is 3.45. The number of carbonyl (C=O) groups is 1. The van der Waals surface area contributed by atoms with Gasteiger partial charge in [0.2, 0.25) is 0 Å². The molecule has 0 unspecified atom stereocenters. The highest BCUT2D eigenvalue weighted by Gasteiger charge is 2.33. The number of benzene rings is 2. The maximum Gasteiger partial charge on any atom is 0.273 e. The molecule has 1 saturated heterocycles. The lowest BCUT2D eigenvalue weighted by Gasteiger charge is -2.22. The zero-order valence-corrected chi connectivity index (χ0v) is 14.2. The van der Waals surface area contributed by atoms with Crippen molar-refractivity contribution in [2.75, 3.05) is 6.54 Å². The Morgan fingerprint density at radius 2 is 1.77 bits per heavy atom. The Labute approximate surface area is 150 Å². The van der Waals surface area contributed by atoms with E-state index in [1.807, 2.05) is 65.6 Å². The maximum atomic E-state index is 13.1. The summed E-state index contributed by atoms with van der Waals surface area (Å²) in [4.78, 5) is 27.7. The molecule has 0 spiro atoms. The molecule has 3 heterocycles. The molecule has 0 bridgehead atoms. The van der Waals surface area contributed by atoms with Gasteiger partial charge in [-0.2, -0.15) is 0 Å². The average Bonchev–Trinajstić information content (AvgIpc) is 3.33. The van der Waals surface area contributed by atoms with E-state index < -0.39 is 0 Å². The number of aromatic amines is 1. The van der Waals surface area contributed by atoms with Gasteiger partial charge in [-0.3, -0.25) is 4.79 Å². The van der Waals surface area contributed by atoms with Gasteiger partial charge in [0.05, 0.1) is 22.6 Å². The number of nitrogens with zero attached hydrogens (tertiary/aromatic N) is 3. The molecule has 5 heteroatoms. The van der Waals surface area contributed by atoms with Gasteiger partial charge in [-0.25, -0.2) is 9.97 Å². The number of amides is 1. The fraction of sp³-hybridized carbons (Fsp3) is 0.190. The van der Waals surface area contributed by atoms with Crippen molar-refractivity contribution in [2.45, 2.75) is 18.9 Å². The Balaban J connectivity index is 1.49. The van der Waals surface area contributed by atoms with Crippen LogP contribution < -0.4 is 0 Å². The largest absolute Gasteiger partial charge is 0.340 e. The van der Waals surface area contributed by atoms with E-state index in [4.69, 9.17) is 4.98 Å². The van der Waals surface area contributed by atoms with Crippen molar-refractivity contribution in [3.63, 3.8) is 0 Å². The summed E-state index contributed by atoms with van der Waals surface area (Å²) in [6, 6.07) is 19.6. The number of fused-ring (bicyclic) bond motifs is 2. The van der Waals surface area contributed by atoms with E-state index in [9.17, 15) is 4.79 Å². The second-order valence-electron chi connectivity index (χ2n) is 6.68. The molecule has 2 aromatic carbocycles. The normalized spacial score (nSPS) is 17.2. The van der Waals surface area contributed by atoms with Crippen LogP contribution in [0.5, 0.6) is 0 Å². The molecule has 128 valence electrons. The molecule has 1 amide bonds. The predicted octanol–water partition coefficient (Wildman–Crippen LogP) is 4.09. The number of para-hydroxylation sites is 3. The van der Waals surface area contributed by atoms with E-state index in [-0.39, 0.29) is 11.9 Å². The summed E-state index contributed by atoms with van der Waals surface area (Å²) in [5, 5.41) is 1.04. The highest BCUT2D eigenvalue weighted by Crippen LogP contribution is 2.32. The van der Waals surface area contributed by atoms with Crippen LogP contribution in [0.4, 0.5) is 0 Å². The molecule has 4 aromatic rings. The number of H-pyrrole nitrogens is 1. The van der Waals surface area contributed by atoms with Gasteiger partial charge in [0, 0.05) is 11.9 Å². The third-order valence-electron chi connectivity index (χ3n) is 5.05. The van der Waals surface area contributed by atoms with Crippen LogP contribution in [0.25, 0.3) is 21.9 Å². The zero-order chi connectivity index (χ0) is 17.5. The molecular formula is C21H18N4O. The molecule has 0 saturated carbocycles. The molecule has 0 radical (unpaired) electrons. The highest BCUT2D eigenvalue weighted by molar-refractivity contribution is 5.95. The topological polar surface area (TPSA) is 61.9 Å². The number of hydrogen-bond acceptors (Lipinski definition) is 3. The summed E-state index contributed by atoms with van der Waals surface area (Å²) in [5.74, 6) is 0.830. The number of imidazole rings is 1. The second-order valence-corrected chi connectivity index (χ2v) is 6.68. The van der Waals surface area contributed by atoms with Gasteiger partial charge in [-0.15, -0.1) is 0 Å². The van der Waals surface area contributed by atoms with Gasteiger partial charge in [-0.1, -0.05) is 36.4 Å². The Morgan fingerprint density at radius 1 is 0.962 bits per heavy atom. The summed E-state index contributed by atoms with van der Waals surface area (Å²) in [6.07, 6.45) is 1.89. The van der Waals surface area contributed by atoms with Crippen LogP contribution in [0.2, 0.25) is 0 Å². The van der Waals surface area contributed by atoms with Gasteiger partial charge < -0.3 is 9.88 Å². The fourth-order valence-electron chi connectivity index (χ4n) is 3.76. The molecule has 1 atom stereocenters. The molecule has 1 aliphatic rings. The van der Waals surface area contributed by atoms with Gasteiger partial charge in [0.15, 0.2) is 0 Å². The van der Waals surface area contributed by atoms with Crippen LogP contribution in [-0.2, 0) is 0 Å². The monoisotopic (exact) mass is 342 g/mol. The van der Waals surface area contributed by atoms with E-state index >= 15 is 0 Å². The first kappa shape index (κ1) is 15.1. The number of hydrogen-bond donors (Lipinski definition) is 1. The van der Waals surface area contributed by atoms with Crippen LogP contribution in [0.15, 0.2) is 60.7 Å². The van der Waals surface area contributed by atoms with Gasteiger partial charge >= 0.3 is 0 Å². The van der Waals surface area contributed by atoms with Gasteiger partial charge in [-0.05, 0) is 37.1 Å². The quantitative estimate of drug-likeness (QED) is 0.597. The van der Waals surface area contributed by atoms with Crippen LogP contribution in [0.1, 0.15) is 35.2 Å². The van der Waals surface area contributed by atoms with Crippen LogP contribution in [0.3, 0.4) is 0 Å². The van der Waals surface area contributed by atoms with Crippen molar-refractivity contribution in [3.8, 4) is 0 Å². The van der Waals surface area contributed by atoms with Crippen molar-refractivity contribution in [1.82, 2.24) is 19.9 Å². The smallest absolute Gasteiger partial charge is 0.273 e. The molecule has 2 aromatic heterocycles. The minimum Gasteiger partial charge on any atom is -0.340 e. The van der Waals surface area contributed by atoms with Crippen LogP contribution in [0, 0.1) is 0 Å². The SMILES string of the molecule is O=C(c1ccc2ccccc2n1)N1CCC[C@@H]1c1nc2ccccc2[nH]1. The van der Waals surface area contributed by atoms with Crippen molar-refractivity contribution >= 4 is 27.8 Å². The molecule has 1 fully saturated rings. The van der Waals surface area contributed by atoms with Gasteiger partial charge in [0.25, 0.3) is 5.91 Å². The molecular weight excluding hydrogens is 324 g/mol. The first-order chi connectivity index (χ1) is 12.8. The number of carbonyl (C=O) groups excluding carboxylic acids is 1. The minimum absolute atomic E-state index is 0.0248. The number of pyridine rings is 1. The standard InChI is InChI=1S/C21H18N4O/c26-21(18-12-11-14-6-1-2-7-15(14)22-18)25-13-5-10-19(25)20-23-16-8-3-4-9-17(16)24-20/h1-4,6-9,11-12,19H,5,10,13H2,(H,23,24)/t19-/m1/s1. The molecule has 5 rings (SSSR count). The summed E-state index contributed by atoms with van der Waals surface area (Å²) < 4.78 is 0. The number of rotatable bonds is 2. The van der Waals surface area contributed by atoms with E-state index in [1.165, 1.54) is 0 Å². The maximum absolute atomic E-state index is 13.1. The van der Waals surface area contributed by atoms with Gasteiger partial charge in [0.1, 0.15) is 11.5 Å². The van der Waals surface area contributed by atoms with E-state index in [0.29, 0.717) is 5.69 Å². The number of nitrogens with one attached hydrogen (secondary N) is 1. The van der Waals surface area contributed by atoms with E-state index in [0.717, 1.165) is 47.1 Å². The first-order valence-electron chi connectivity index (χ1n) is 8.91. The summed E-state index contributed by atoms with van der Waals surface area (Å²) in [5.41, 5.74) is 3.28. The zero-order valence-electron chi connectivity index (χ0n) is 14.2. The Bertz CT molecular complexity index is 1080. The van der Waals surface area contributed by atoms with E-state index in [1.54, 1.807) is 0 Å². The molecule has 1 N–H and O–H groups in total. The predicted molar refractivity (Wildman–Crippen MR) is 101 cm³/mol. The average molecular weight is 342 g/mol. The minimum atomic E-state index is -0.0290. The van der Waals surface area contributed by atoms with E-state index in [2.05, 4.69) is 9.97 Å². The molecule has 26 heavy (non-hydrogen) atoms. The molecule has 1 aliphatic heterocycles. The lowest BCUT2D eigenvalue weighted by Crippen LogP contribution is -2.31. The first-order valence-corrected chi connectivity index (χ1v) is 8.91. The lowest BCUT2D eigenvalue weighted by atomic mass is 10.1. The van der Waals surface area contributed by atoms with Crippen molar-refractivity contribution in [3.05, 3.63) is 72.2 Å². The molecule has 0 aliphatic carbocycles. The Morgan fingerprint density at radius 3 is 2.65 bits per heavy atom. The summed E-state index contributed by atoms with van der Waals surface area (Å²) in [7, 11) is 0. The third kappa shape index (κ3) is 2.44.